The first kappa shape index (κ1) is 10.3. The van der Waals surface area contributed by atoms with Crippen molar-refractivity contribution >= 4 is 27.7 Å². The first-order valence-electron chi connectivity index (χ1n) is 4.90. The van der Waals surface area contributed by atoms with Crippen molar-refractivity contribution in [2.75, 3.05) is 7.05 Å². The Labute approximate surface area is 92.9 Å². The largest absolute Gasteiger partial charge is 0.313 e. The highest BCUT2D eigenvalue weighted by Crippen LogP contribution is 2.30. The van der Waals surface area contributed by atoms with Gasteiger partial charge in [0.25, 0.3) is 0 Å². The molecule has 2 aromatic rings. The zero-order chi connectivity index (χ0) is 10.8. The maximum Gasteiger partial charge on any atom is 0.150 e. The Bertz CT molecular complexity index is 489. The highest BCUT2D eigenvalue weighted by atomic mass is 32.1. The average Bonchev–Trinajstić information content (AvgIpc) is 2.70. The van der Waals surface area contributed by atoms with E-state index in [4.69, 9.17) is 0 Å². The minimum absolute atomic E-state index is 0.363. The van der Waals surface area contributed by atoms with Crippen LogP contribution in [0.5, 0.6) is 0 Å². The Kier molecular flexibility index (Phi) is 2.84. The monoisotopic (exact) mass is 219 g/mol. The fourth-order valence-corrected chi connectivity index (χ4v) is 2.67. The smallest absolute Gasteiger partial charge is 0.150 e. The normalized spacial score (nSPS) is 12.9. The zero-order valence-corrected chi connectivity index (χ0v) is 9.60. The number of fused-ring (bicyclic) bond motifs is 1. The lowest BCUT2D eigenvalue weighted by atomic mass is 10.2. The third kappa shape index (κ3) is 1.94. The third-order valence-corrected chi connectivity index (χ3v) is 3.84. The molecule has 78 valence electrons. The van der Waals surface area contributed by atoms with E-state index in [0.29, 0.717) is 6.04 Å². The molecule has 1 heterocycles. The van der Waals surface area contributed by atoms with Crippen molar-refractivity contribution < 1.29 is 4.79 Å². The van der Waals surface area contributed by atoms with Gasteiger partial charge in [0.1, 0.15) is 6.29 Å². The van der Waals surface area contributed by atoms with Gasteiger partial charge in [0.05, 0.1) is 0 Å². The van der Waals surface area contributed by atoms with Crippen molar-refractivity contribution in [2.24, 2.45) is 0 Å². The van der Waals surface area contributed by atoms with Gasteiger partial charge in [-0.3, -0.25) is 4.79 Å². The van der Waals surface area contributed by atoms with E-state index in [-0.39, 0.29) is 0 Å². The molecule has 2 rings (SSSR count). The molecule has 0 saturated heterocycles. The molecule has 3 heteroatoms. The number of nitrogens with one attached hydrogen (secondary N) is 1. The predicted octanol–water partition coefficient (Wildman–Crippen LogP) is 2.99. The summed E-state index contributed by atoms with van der Waals surface area (Å²) < 4.78 is 1.18. The van der Waals surface area contributed by atoms with Crippen LogP contribution in [0.15, 0.2) is 24.3 Å². The molecule has 0 bridgehead atoms. The average molecular weight is 219 g/mol. The van der Waals surface area contributed by atoms with E-state index >= 15 is 0 Å². The Morgan fingerprint density at radius 2 is 2.20 bits per heavy atom. The summed E-state index contributed by atoms with van der Waals surface area (Å²) in [4.78, 5) is 11.9. The molecule has 1 atom stereocenters. The van der Waals surface area contributed by atoms with Gasteiger partial charge in [0.15, 0.2) is 0 Å². The summed E-state index contributed by atoms with van der Waals surface area (Å²) in [5.74, 6) is 0. The summed E-state index contributed by atoms with van der Waals surface area (Å²) in [7, 11) is 1.95. The van der Waals surface area contributed by atoms with E-state index in [1.165, 1.54) is 15.0 Å². The number of carbonyl (C=O) groups is 1. The number of hydrogen-bond donors (Lipinski definition) is 1. The van der Waals surface area contributed by atoms with Crippen LogP contribution < -0.4 is 5.32 Å². The number of aldehydes is 1. The van der Waals surface area contributed by atoms with Crippen LogP contribution in [0.2, 0.25) is 0 Å². The fraction of sp³-hybridized carbons (Fsp3) is 0.250. The topological polar surface area (TPSA) is 29.1 Å². The second-order valence-electron chi connectivity index (χ2n) is 3.57. The molecule has 1 unspecified atom stereocenters. The SMILES string of the molecule is CNC(C)c1cc2ccc(C=O)cc2s1. The van der Waals surface area contributed by atoms with Crippen molar-refractivity contribution in [1.29, 1.82) is 0 Å². The summed E-state index contributed by atoms with van der Waals surface area (Å²) >= 11 is 1.74. The molecule has 2 nitrogen and oxygen atoms in total. The van der Waals surface area contributed by atoms with Crippen LogP contribution in [-0.4, -0.2) is 13.3 Å². The third-order valence-electron chi connectivity index (χ3n) is 2.56. The molecule has 0 aliphatic rings. The van der Waals surface area contributed by atoms with Crippen LogP contribution in [-0.2, 0) is 0 Å². The van der Waals surface area contributed by atoms with Crippen LogP contribution in [0.1, 0.15) is 28.2 Å². The number of benzene rings is 1. The van der Waals surface area contributed by atoms with E-state index in [1.54, 1.807) is 11.3 Å². The van der Waals surface area contributed by atoms with Crippen molar-refractivity contribution in [3.05, 3.63) is 34.7 Å². The first-order chi connectivity index (χ1) is 7.24. The molecule has 1 aromatic heterocycles. The van der Waals surface area contributed by atoms with Gasteiger partial charge in [-0.05, 0) is 31.5 Å². The number of thiophene rings is 1. The van der Waals surface area contributed by atoms with Gasteiger partial charge in [0, 0.05) is 21.2 Å². The summed E-state index contributed by atoms with van der Waals surface area (Å²) in [5, 5.41) is 4.42. The molecule has 0 saturated carbocycles. The fourth-order valence-electron chi connectivity index (χ4n) is 1.50. The summed E-state index contributed by atoms with van der Waals surface area (Å²) in [6.07, 6.45) is 0.889. The maximum atomic E-state index is 10.6. The Morgan fingerprint density at radius 1 is 1.40 bits per heavy atom. The van der Waals surface area contributed by atoms with Gasteiger partial charge in [0.2, 0.25) is 0 Å². The van der Waals surface area contributed by atoms with E-state index < -0.39 is 0 Å². The lowest BCUT2D eigenvalue weighted by molar-refractivity contribution is 0.112. The van der Waals surface area contributed by atoms with Crippen LogP contribution in [0.3, 0.4) is 0 Å². The second kappa shape index (κ2) is 4.13. The standard InChI is InChI=1S/C12H13NOS/c1-8(13-2)11-6-10-4-3-9(7-14)5-12(10)15-11/h3-8,13H,1-2H3. The summed E-state index contributed by atoms with van der Waals surface area (Å²) in [5.41, 5.74) is 0.744. The van der Waals surface area contributed by atoms with Gasteiger partial charge >= 0.3 is 0 Å². The first-order valence-corrected chi connectivity index (χ1v) is 5.72. The van der Waals surface area contributed by atoms with E-state index in [0.717, 1.165) is 11.8 Å². The predicted molar refractivity (Wildman–Crippen MR) is 64.7 cm³/mol. The van der Waals surface area contributed by atoms with Crippen LogP contribution in [0, 0.1) is 0 Å². The molecule has 0 amide bonds. The molecular formula is C12H13NOS. The molecular weight excluding hydrogens is 206 g/mol. The molecule has 0 aliphatic heterocycles. The van der Waals surface area contributed by atoms with Crippen LogP contribution >= 0.6 is 11.3 Å². The Balaban J connectivity index is 2.50. The van der Waals surface area contributed by atoms with Crippen LogP contribution in [0.25, 0.3) is 10.1 Å². The molecule has 1 aromatic carbocycles. The highest BCUT2D eigenvalue weighted by Gasteiger charge is 2.07. The van der Waals surface area contributed by atoms with Crippen molar-refractivity contribution in [2.45, 2.75) is 13.0 Å². The summed E-state index contributed by atoms with van der Waals surface area (Å²) in [6.45, 7) is 2.13. The van der Waals surface area contributed by atoms with Crippen molar-refractivity contribution in [1.82, 2.24) is 5.32 Å². The van der Waals surface area contributed by atoms with Gasteiger partial charge in [-0.15, -0.1) is 11.3 Å². The summed E-state index contributed by atoms with van der Waals surface area (Å²) in [6, 6.07) is 8.34. The van der Waals surface area contributed by atoms with E-state index in [1.807, 2.05) is 25.2 Å². The quantitative estimate of drug-likeness (QED) is 0.804. The Hall–Kier alpha value is -1.19. The van der Waals surface area contributed by atoms with E-state index in [9.17, 15) is 4.79 Å². The lowest BCUT2D eigenvalue weighted by Crippen LogP contribution is -2.10. The highest BCUT2D eigenvalue weighted by molar-refractivity contribution is 7.19. The van der Waals surface area contributed by atoms with Crippen LogP contribution in [0.4, 0.5) is 0 Å². The van der Waals surface area contributed by atoms with E-state index in [2.05, 4.69) is 18.3 Å². The minimum atomic E-state index is 0.363. The molecule has 0 radical (unpaired) electrons. The molecule has 0 spiro atoms. The molecule has 0 aliphatic carbocycles. The van der Waals surface area contributed by atoms with Gasteiger partial charge < -0.3 is 5.32 Å². The Morgan fingerprint density at radius 3 is 2.87 bits per heavy atom. The molecule has 1 N–H and O–H groups in total. The van der Waals surface area contributed by atoms with Gasteiger partial charge in [-0.1, -0.05) is 12.1 Å². The minimum Gasteiger partial charge on any atom is -0.313 e. The lowest BCUT2D eigenvalue weighted by Gasteiger charge is -2.05. The van der Waals surface area contributed by atoms with Gasteiger partial charge in [-0.2, -0.15) is 0 Å². The second-order valence-corrected chi connectivity index (χ2v) is 4.69. The zero-order valence-electron chi connectivity index (χ0n) is 8.78. The molecule has 0 fully saturated rings. The maximum absolute atomic E-state index is 10.6. The number of carbonyl (C=O) groups excluding carboxylic acids is 1. The van der Waals surface area contributed by atoms with Crippen molar-refractivity contribution in [3.8, 4) is 0 Å². The van der Waals surface area contributed by atoms with Crippen molar-refractivity contribution in [3.63, 3.8) is 0 Å². The van der Waals surface area contributed by atoms with Gasteiger partial charge in [-0.25, -0.2) is 0 Å². The molecule has 15 heavy (non-hydrogen) atoms. The number of hydrogen-bond acceptors (Lipinski definition) is 3. The number of rotatable bonds is 3.